The molecule has 2 N–H and O–H groups in total. The van der Waals surface area contributed by atoms with Gasteiger partial charge in [-0.2, -0.15) is 0 Å². The van der Waals surface area contributed by atoms with E-state index in [0.717, 1.165) is 55.9 Å². The van der Waals surface area contributed by atoms with Crippen molar-refractivity contribution >= 4 is 57.4 Å². The van der Waals surface area contributed by atoms with Gasteiger partial charge < -0.3 is 9.97 Å². The number of aromatic amines is 2. The molecule has 162 valence electrons. The standard InChI is InChI=1S/C20H14N4.C8H6N2/c1-2-14-10-16-5-6-18(23-16)12-20-8-7-19(24-20)11-17-4-3-15(22-17)9-13(1)21-14;1-2-4-8-7(3-1)9-5-6-10-8/h1-12,21-22H;1-6H. The Morgan fingerprint density at radius 1 is 0.441 bits per heavy atom. The summed E-state index contributed by atoms with van der Waals surface area (Å²) in [6, 6.07) is 24.2. The van der Waals surface area contributed by atoms with E-state index in [1.54, 1.807) is 12.4 Å². The molecule has 8 bridgehead atoms. The summed E-state index contributed by atoms with van der Waals surface area (Å²) < 4.78 is 0. The highest BCUT2D eigenvalue weighted by molar-refractivity contribution is 5.77. The molecule has 0 radical (unpaired) electrons. The second-order valence-electron chi connectivity index (χ2n) is 7.95. The van der Waals surface area contributed by atoms with Crippen molar-refractivity contribution in [2.75, 3.05) is 0 Å². The highest BCUT2D eigenvalue weighted by atomic mass is 14.8. The summed E-state index contributed by atoms with van der Waals surface area (Å²) in [5, 5.41) is 0. The Labute approximate surface area is 195 Å². The first-order valence-corrected chi connectivity index (χ1v) is 11.0. The van der Waals surface area contributed by atoms with Gasteiger partial charge in [-0.3, -0.25) is 9.97 Å². The van der Waals surface area contributed by atoms with Gasteiger partial charge in [0, 0.05) is 34.5 Å². The third-order valence-corrected chi connectivity index (χ3v) is 5.42. The van der Waals surface area contributed by atoms with E-state index in [1.807, 2.05) is 66.8 Å². The quantitative estimate of drug-likeness (QED) is 0.290. The number of nitrogens with one attached hydrogen (secondary N) is 2. The number of benzene rings is 1. The molecule has 1 aromatic carbocycles. The van der Waals surface area contributed by atoms with Crippen LogP contribution in [0.1, 0.15) is 22.8 Å². The number of aromatic nitrogens is 6. The SMILES string of the molecule is C1=Cc2cc3ccc(cc4ccc(cc5nc(cc1n2)C=C5)[nH]4)[nH]3.c1ccc2nccnc2c1. The normalized spacial score (nSPS) is 11.9. The number of hydrogen-bond donors (Lipinski definition) is 2. The number of rotatable bonds is 0. The van der Waals surface area contributed by atoms with Gasteiger partial charge in [0.2, 0.25) is 0 Å². The minimum Gasteiger partial charge on any atom is -0.355 e. The van der Waals surface area contributed by atoms with Crippen LogP contribution in [-0.2, 0) is 0 Å². The van der Waals surface area contributed by atoms with E-state index in [-0.39, 0.29) is 0 Å². The van der Waals surface area contributed by atoms with Crippen LogP contribution >= 0.6 is 0 Å². The fourth-order valence-corrected chi connectivity index (χ4v) is 3.85. The molecule has 6 heterocycles. The summed E-state index contributed by atoms with van der Waals surface area (Å²) in [4.78, 5) is 24.3. The van der Waals surface area contributed by atoms with Crippen molar-refractivity contribution in [3.8, 4) is 0 Å². The van der Waals surface area contributed by atoms with Crippen LogP contribution in [0.5, 0.6) is 0 Å². The number of fused-ring (bicyclic) bond motifs is 9. The Bertz CT molecular complexity index is 1570. The topological polar surface area (TPSA) is 83.1 Å². The van der Waals surface area contributed by atoms with Crippen LogP contribution in [0, 0.1) is 0 Å². The largest absolute Gasteiger partial charge is 0.355 e. The fourth-order valence-electron chi connectivity index (χ4n) is 3.85. The Kier molecular flexibility index (Phi) is 5.01. The minimum atomic E-state index is 0.915. The van der Waals surface area contributed by atoms with Crippen LogP contribution in [-0.4, -0.2) is 29.9 Å². The molecule has 0 amide bonds. The van der Waals surface area contributed by atoms with Gasteiger partial charge in [-0.1, -0.05) is 12.1 Å². The van der Waals surface area contributed by atoms with Crippen molar-refractivity contribution in [3.63, 3.8) is 0 Å². The van der Waals surface area contributed by atoms with E-state index in [2.05, 4.69) is 60.2 Å². The highest BCUT2D eigenvalue weighted by Crippen LogP contribution is 2.17. The number of nitrogens with zero attached hydrogens (tertiary/aromatic N) is 4. The van der Waals surface area contributed by atoms with Gasteiger partial charge in [-0.05, 0) is 85.0 Å². The molecule has 5 aromatic rings. The lowest BCUT2D eigenvalue weighted by Gasteiger charge is -1.90. The highest BCUT2D eigenvalue weighted by Gasteiger charge is 2.02. The van der Waals surface area contributed by atoms with Gasteiger partial charge >= 0.3 is 0 Å². The molecular weight excluding hydrogens is 420 g/mol. The molecule has 34 heavy (non-hydrogen) atoms. The zero-order valence-corrected chi connectivity index (χ0v) is 18.2. The molecule has 0 fully saturated rings. The van der Waals surface area contributed by atoms with Gasteiger partial charge in [-0.15, -0.1) is 0 Å². The van der Waals surface area contributed by atoms with Crippen LogP contribution in [0.15, 0.2) is 85.2 Å². The summed E-state index contributed by atoms with van der Waals surface area (Å²) in [6.45, 7) is 0. The lowest BCUT2D eigenvalue weighted by Crippen LogP contribution is -1.78. The van der Waals surface area contributed by atoms with Gasteiger partial charge in [-0.25, -0.2) is 9.97 Å². The third-order valence-electron chi connectivity index (χ3n) is 5.42. The average molecular weight is 441 g/mol. The summed E-state index contributed by atoms with van der Waals surface area (Å²) in [6.07, 6.45) is 11.4. The lowest BCUT2D eigenvalue weighted by atomic mass is 10.3. The van der Waals surface area contributed by atoms with Crippen LogP contribution in [0.4, 0.5) is 0 Å². The van der Waals surface area contributed by atoms with Crippen LogP contribution in [0.2, 0.25) is 0 Å². The monoisotopic (exact) mass is 440 g/mol. The predicted molar refractivity (Wildman–Crippen MR) is 138 cm³/mol. The predicted octanol–water partition coefficient (Wildman–Crippen LogP) is 6.29. The van der Waals surface area contributed by atoms with Crippen molar-refractivity contribution in [2.45, 2.75) is 0 Å². The van der Waals surface area contributed by atoms with Gasteiger partial charge in [0.05, 0.1) is 33.8 Å². The minimum absolute atomic E-state index is 0.915. The lowest BCUT2D eigenvalue weighted by molar-refractivity contribution is 1.28. The first kappa shape index (κ1) is 19.8. The molecule has 7 rings (SSSR count). The van der Waals surface area contributed by atoms with Crippen LogP contribution in [0.3, 0.4) is 0 Å². The molecule has 6 nitrogen and oxygen atoms in total. The molecule has 2 aliphatic rings. The Morgan fingerprint density at radius 3 is 1.32 bits per heavy atom. The maximum atomic E-state index is 4.62. The van der Waals surface area contributed by atoms with E-state index in [4.69, 9.17) is 0 Å². The van der Waals surface area contributed by atoms with Crippen LogP contribution in [0.25, 0.3) is 57.4 Å². The molecule has 0 spiro atoms. The molecule has 2 aliphatic heterocycles. The maximum Gasteiger partial charge on any atom is 0.0886 e. The maximum absolute atomic E-state index is 4.62. The second-order valence-corrected chi connectivity index (χ2v) is 7.95. The van der Waals surface area contributed by atoms with Crippen LogP contribution < -0.4 is 0 Å². The van der Waals surface area contributed by atoms with Crippen molar-refractivity contribution in [3.05, 3.63) is 108 Å². The number of hydrogen-bond acceptors (Lipinski definition) is 4. The van der Waals surface area contributed by atoms with Crippen molar-refractivity contribution in [1.82, 2.24) is 29.9 Å². The zero-order valence-electron chi connectivity index (χ0n) is 18.2. The average Bonchev–Trinajstić information content (AvgIpc) is 3.66. The van der Waals surface area contributed by atoms with E-state index in [9.17, 15) is 0 Å². The Hall–Kier alpha value is -4.84. The molecule has 6 heteroatoms. The van der Waals surface area contributed by atoms with E-state index < -0.39 is 0 Å². The first-order chi connectivity index (χ1) is 16.8. The zero-order chi connectivity index (χ0) is 22.7. The second kappa shape index (κ2) is 8.60. The third kappa shape index (κ3) is 4.38. The smallest absolute Gasteiger partial charge is 0.0886 e. The first-order valence-electron chi connectivity index (χ1n) is 11.0. The number of para-hydroxylation sites is 2. The van der Waals surface area contributed by atoms with E-state index in [1.165, 1.54) is 0 Å². The van der Waals surface area contributed by atoms with E-state index >= 15 is 0 Å². The Balaban J connectivity index is 0.000000182. The number of H-pyrrole nitrogens is 2. The Morgan fingerprint density at radius 2 is 0.853 bits per heavy atom. The molecular formula is C28H20N6. The molecule has 0 atom stereocenters. The summed E-state index contributed by atoms with van der Waals surface area (Å²) in [7, 11) is 0. The van der Waals surface area contributed by atoms with Crippen molar-refractivity contribution in [2.24, 2.45) is 0 Å². The molecule has 0 saturated carbocycles. The molecule has 0 unspecified atom stereocenters. The van der Waals surface area contributed by atoms with Gasteiger partial charge in [0.15, 0.2) is 0 Å². The van der Waals surface area contributed by atoms with Gasteiger partial charge in [0.25, 0.3) is 0 Å². The molecule has 0 aliphatic carbocycles. The van der Waals surface area contributed by atoms with Crippen molar-refractivity contribution in [1.29, 1.82) is 0 Å². The van der Waals surface area contributed by atoms with Gasteiger partial charge in [0.1, 0.15) is 0 Å². The fraction of sp³-hybridized carbons (Fsp3) is 0. The summed E-state index contributed by atoms with van der Waals surface area (Å²) in [5.74, 6) is 0. The van der Waals surface area contributed by atoms with E-state index in [0.29, 0.717) is 0 Å². The summed E-state index contributed by atoms with van der Waals surface area (Å²) in [5.41, 5.74) is 9.76. The molecule has 0 saturated heterocycles. The molecule has 4 aromatic heterocycles. The van der Waals surface area contributed by atoms with Crippen molar-refractivity contribution < 1.29 is 0 Å². The summed E-state index contributed by atoms with van der Waals surface area (Å²) >= 11 is 0.